The topological polar surface area (TPSA) is 79.8 Å². The predicted molar refractivity (Wildman–Crippen MR) is 72.5 cm³/mol. The van der Waals surface area contributed by atoms with Gasteiger partial charge in [0, 0.05) is 18.0 Å². The third kappa shape index (κ3) is 3.05. The molecule has 0 aliphatic heterocycles. The summed E-state index contributed by atoms with van der Waals surface area (Å²) in [6, 6.07) is 13.0. The van der Waals surface area contributed by atoms with Crippen LogP contribution in [0.25, 0.3) is 17.2 Å². The van der Waals surface area contributed by atoms with Crippen LogP contribution in [0.3, 0.4) is 0 Å². The Morgan fingerprint density at radius 3 is 2.68 bits per heavy atom. The summed E-state index contributed by atoms with van der Waals surface area (Å²) in [5, 5.41) is 8.81. The average molecular weight is 249 g/mol. The van der Waals surface area contributed by atoms with Crippen LogP contribution in [-0.4, -0.2) is 10.9 Å². The Labute approximate surface area is 110 Å². The number of amides is 1. The van der Waals surface area contributed by atoms with E-state index in [1.54, 1.807) is 24.5 Å². The first-order valence-corrected chi connectivity index (χ1v) is 5.63. The first-order chi connectivity index (χ1) is 9.20. The normalized spacial score (nSPS) is 10.8. The lowest BCUT2D eigenvalue weighted by Gasteiger charge is -2.02. The number of carbonyl (C=O) groups excluding carboxylic acids is 1. The lowest BCUT2D eigenvalue weighted by molar-refractivity contribution is -0.114. The molecule has 4 heteroatoms. The molecule has 0 spiro atoms. The van der Waals surface area contributed by atoms with E-state index in [0.717, 1.165) is 16.7 Å². The standard InChI is InChI=1S/C15H11N3O/c16-9-14(15(17)19)8-11-3-1-4-12(7-11)13-5-2-6-18-10-13/h1-8,10H,(H2,17,19)/b14-8+. The van der Waals surface area contributed by atoms with Gasteiger partial charge in [-0.3, -0.25) is 9.78 Å². The molecule has 1 aromatic carbocycles. The summed E-state index contributed by atoms with van der Waals surface area (Å²) < 4.78 is 0. The zero-order valence-corrected chi connectivity index (χ0v) is 10.1. The molecule has 0 fully saturated rings. The number of primary amides is 1. The lowest BCUT2D eigenvalue weighted by atomic mass is 10.0. The lowest BCUT2D eigenvalue weighted by Crippen LogP contribution is -2.12. The average Bonchev–Trinajstić information content (AvgIpc) is 2.45. The van der Waals surface area contributed by atoms with E-state index in [4.69, 9.17) is 11.0 Å². The molecule has 19 heavy (non-hydrogen) atoms. The van der Waals surface area contributed by atoms with Gasteiger partial charge in [-0.2, -0.15) is 5.26 Å². The summed E-state index contributed by atoms with van der Waals surface area (Å²) in [6.45, 7) is 0. The van der Waals surface area contributed by atoms with Crippen LogP contribution < -0.4 is 5.73 Å². The van der Waals surface area contributed by atoms with E-state index in [9.17, 15) is 4.79 Å². The smallest absolute Gasteiger partial charge is 0.259 e. The zero-order chi connectivity index (χ0) is 13.7. The van der Waals surface area contributed by atoms with Gasteiger partial charge in [-0.05, 0) is 29.3 Å². The van der Waals surface area contributed by atoms with E-state index >= 15 is 0 Å². The summed E-state index contributed by atoms with van der Waals surface area (Å²) in [7, 11) is 0. The summed E-state index contributed by atoms with van der Waals surface area (Å²) in [4.78, 5) is 15.1. The zero-order valence-electron chi connectivity index (χ0n) is 10.1. The molecule has 1 heterocycles. The van der Waals surface area contributed by atoms with Crippen LogP contribution in [0.15, 0.2) is 54.4 Å². The van der Waals surface area contributed by atoms with Crippen LogP contribution in [0.5, 0.6) is 0 Å². The molecule has 0 atom stereocenters. The Kier molecular flexibility index (Phi) is 3.70. The van der Waals surface area contributed by atoms with Crippen LogP contribution in [-0.2, 0) is 4.79 Å². The van der Waals surface area contributed by atoms with Crippen molar-refractivity contribution in [1.29, 1.82) is 5.26 Å². The number of nitriles is 1. The van der Waals surface area contributed by atoms with E-state index < -0.39 is 5.91 Å². The Bertz CT molecular complexity index is 669. The van der Waals surface area contributed by atoms with Gasteiger partial charge in [0.1, 0.15) is 11.6 Å². The molecule has 2 rings (SSSR count). The number of carbonyl (C=O) groups is 1. The molecule has 92 valence electrons. The molecule has 0 bridgehead atoms. The Morgan fingerprint density at radius 2 is 2.05 bits per heavy atom. The van der Waals surface area contributed by atoms with E-state index in [1.165, 1.54) is 6.08 Å². The van der Waals surface area contributed by atoms with Gasteiger partial charge in [0.2, 0.25) is 0 Å². The molecule has 1 amide bonds. The van der Waals surface area contributed by atoms with Gasteiger partial charge >= 0.3 is 0 Å². The van der Waals surface area contributed by atoms with Crippen molar-refractivity contribution in [1.82, 2.24) is 4.98 Å². The third-order valence-corrected chi connectivity index (χ3v) is 2.58. The number of pyridine rings is 1. The van der Waals surface area contributed by atoms with Crippen LogP contribution in [0.1, 0.15) is 5.56 Å². The van der Waals surface area contributed by atoms with Crippen LogP contribution >= 0.6 is 0 Å². The van der Waals surface area contributed by atoms with Crippen molar-refractivity contribution in [3.05, 3.63) is 59.9 Å². The van der Waals surface area contributed by atoms with Crippen molar-refractivity contribution in [2.45, 2.75) is 0 Å². The van der Waals surface area contributed by atoms with Crippen molar-refractivity contribution in [3.8, 4) is 17.2 Å². The minimum absolute atomic E-state index is 0.0664. The summed E-state index contributed by atoms with van der Waals surface area (Å²) in [5.41, 5.74) is 7.71. The number of benzene rings is 1. The van der Waals surface area contributed by atoms with Crippen molar-refractivity contribution < 1.29 is 4.79 Å². The molecule has 0 aliphatic carbocycles. The molecule has 0 radical (unpaired) electrons. The second-order valence-corrected chi connectivity index (χ2v) is 3.90. The Morgan fingerprint density at radius 1 is 1.26 bits per heavy atom. The van der Waals surface area contributed by atoms with Crippen molar-refractivity contribution >= 4 is 12.0 Å². The highest BCUT2D eigenvalue weighted by Gasteiger charge is 2.04. The minimum Gasteiger partial charge on any atom is -0.365 e. The molecule has 0 saturated carbocycles. The molecule has 0 saturated heterocycles. The van der Waals surface area contributed by atoms with Crippen LogP contribution in [0.4, 0.5) is 0 Å². The Hall–Kier alpha value is -2.93. The van der Waals surface area contributed by atoms with Gasteiger partial charge in [-0.1, -0.05) is 24.3 Å². The number of rotatable bonds is 3. The highest BCUT2D eigenvalue weighted by atomic mass is 16.1. The maximum atomic E-state index is 11.0. The first-order valence-electron chi connectivity index (χ1n) is 5.63. The number of aromatic nitrogens is 1. The quantitative estimate of drug-likeness (QED) is 0.668. The minimum atomic E-state index is -0.728. The largest absolute Gasteiger partial charge is 0.365 e. The third-order valence-electron chi connectivity index (χ3n) is 2.58. The van der Waals surface area contributed by atoms with E-state index in [-0.39, 0.29) is 5.57 Å². The molecule has 2 N–H and O–H groups in total. The van der Waals surface area contributed by atoms with Gasteiger partial charge in [0.05, 0.1) is 0 Å². The van der Waals surface area contributed by atoms with Gasteiger partial charge in [-0.15, -0.1) is 0 Å². The summed E-state index contributed by atoms with van der Waals surface area (Å²) in [6.07, 6.45) is 4.93. The van der Waals surface area contributed by atoms with Crippen LogP contribution in [0.2, 0.25) is 0 Å². The number of hydrogen-bond acceptors (Lipinski definition) is 3. The van der Waals surface area contributed by atoms with E-state index in [0.29, 0.717) is 0 Å². The molecule has 2 aromatic rings. The van der Waals surface area contributed by atoms with Crippen LogP contribution in [0, 0.1) is 11.3 Å². The van der Waals surface area contributed by atoms with Gasteiger partial charge < -0.3 is 5.73 Å². The maximum Gasteiger partial charge on any atom is 0.259 e. The second-order valence-electron chi connectivity index (χ2n) is 3.90. The predicted octanol–water partition coefficient (Wildman–Crippen LogP) is 2.14. The molecule has 0 unspecified atom stereocenters. The van der Waals surface area contributed by atoms with Gasteiger partial charge in [0.25, 0.3) is 5.91 Å². The Balaban J connectivity index is 2.41. The summed E-state index contributed by atoms with van der Waals surface area (Å²) in [5.74, 6) is -0.728. The number of nitrogens with two attached hydrogens (primary N) is 1. The van der Waals surface area contributed by atoms with Crippen molar-refractivity contribution in [3.63, 3.8) is 0 Å². The molecule has 1 aromatic heterocycles. The molecule has 0 aliphatic rings. The monoisotopic (exact) mass is 249 g/mol. The van der Waals surface area contributed by atoms with Gasteiger partial charge in [-0.25, -0.2) is 0 Å². The molecular weight excluding hydrogens is 238 g/mol. The van der Waals surface area contributed by atoms with Crippen molar-refractivity contribution in [2.24, 2.45) is 5.73 Å². The molecular formula is C15H11N3O. The molecule has 4 nitrogen and oxygen atoms in total. The number of nitrogens with zero attached hydrogens (tertiary/aromatic N) is 2. The second kappa shape index (κ2) is 5.61. The fraction of sp³-hybridized carbons (Fsp3) is 0. The van der Waals surface area contributed by atoms with Gasteiger partial charge in [0.15, 0.2) is 0 Å². The van der Waals surface area contributed by atoms with E-state index in [2.05, 4.69) is 4.98 Å². The first kappa shape index (κ1) is 12.5. The summed E-state index contributed by atoms with van der Waals surface area (Å²) >= 11 is 0. The fourth-order valence-electron chi connectivity index (χ4n) is 1.67. The fourth-order valence-corrected chi connectivity index (χ4v) is 1.67. The highest BCUT2D eigenvalue weighted by Crippen LogP contribution is 2.20. The maximum absolute atomic E-state index is 11.0. The van der Waals surface area contributed by atoms with E-state index in [1.807, 2.05) is 30.3 Å². The SMILES string of the molecule is N#C/C(=C\c1cccc(-c2cccnc2)c1)C(N)=O. The number of hydrogen-bond donors (Lipinski definition) is 1. The van der Waals surface area contributed by atoms with Crippen molar-refractivity contribution in [2.75, 3.05) is 0 Å². The highest BCUT2D eigenvalue weighted by molar-refractivity contribution is 6.00.